The van der Waals surface area contributed by atoms with Gasteiger partial charge >= 0.3 is 6.03 Å². The Labute approximate surface area is 186 Å². The molecule has 1 aliphatic rings. The van der Waals surface area contributed by atoms with Crippen molar-refractivity contribution in [1.82, 2.24) is 16.0 Å². The number of nitrogens with one attached hydrogen (secondary N) is 3. The Balaban J connectivity index is 1.61. The van der Waals surface area contributed by atoms with Gasteiger partial charge in [-0.25, -0.2) is 4.79 Å². The van der Waals surface area contributed by atoms with Gasteiger partial charge in [0.25, 0.3) is 5.91 Å². The van der Waals surface area contributed by atoms with Crippen molar-refractivity contribution >= 4 is 34.9 Å². The van der Waals surface area contributed by atoms with Crippen LogP contribution in [-0.2, 0) is 16.1 Å². The number of carbonyl (C=O) groups excluding carboxylic acids is 3. The molecule has 1 aliphatic heterocycles. The quantitative estimate of drug-likeness (QED) is 0.581. The van der Waals surface area contributed by atoms with Gasteiger partial charge in [-0.3, -0.25) is 14.9 Å². The van der Waals surface area contributed by atoms with Gasteiger partial charge in [-0.05, 0) is 36.4 Å². The van der Waals surface area contributed by atoms with E-state index >= 15 is 0 Å². The number of hydrogen-bond donors (Lipinski definition) is 3. The maximum absolute atomic E-state index is 12.7. The van der Waals surface area contributed by atoms with Crippen molar-refractivity contribution < 1.29 is 19.1 Å². The Hall–Kier alpha value is -3.07. The summed E-state index contributed by atoms with van der Waals surface area (Å²) in [6.45, 7) is 4.54. The van der Waals surface area contributed by atoms with Gasteiger partial charge in [0.1, 0.15) is 5.75 Å². The summed E-state index contributed by atoms with van der Waals surface area (Å²) in [6, 6.07) is 10.6. The van der Waals surface area contributed by atoms with E-state index < -0.39 is 18.0 Å². The summed E-state index contributed by atoms with van der Waals surface area (Å²) in [5.41, 5.74) is 0.711. The average Bonchev–Trinajstić information content (AvgIpc) is 3.29. The van der Waals surface area contributed by atoms with E-state index in [1.54, 1.807) is 11.0 Å². The standard InChI is InChI=1S/C22H28N4O4S/c1-3-15(4-2)24-21(28)19-13-26(17-9-5-6-10-18(17)30-19)14-20(27)25-22(29)23-12-16-8-7-11-31-16/h5-11,15,19H,3-4,12-14H2,1-2H3,(H,24,28)(H2,23,25,27,29). The number of ether oxygens (including phenoxy) is 1. The fraction of sp³-hybridized carbons (Fsp3) is 0.409. The molecule has 1 atom stereocenters. The van der Waals surface area contributed by atoms with Crippen molar-refractivity contribution in [3.63, 3.8) is 0 Å². The average molecular weight is 445 g/mol. The predicted octanol–water partition coefficient (Wildman–Crippen LogP) is 2.65. The van der Waals surface area contributed by atoms with Crippen LogP contribution in [0.15, 0.2) is 41.8 Å². The number of para-hydroxylation sites is 2. The van der Waals surface area contributed by atoms with E-state index in [0.29, 0.717) is 18.0 Å². The largest absolute Gasteiger partial charge is 0.477 e. The topological polar surface area (TPSA) is 99.8 Å². The number of thiophene rings is 1. The molecular weight excluding hydrogens is 416 g/mol. The molecule has 9 heteroatoms. The molecule has 1 aromatic heterocycles. The second-order valence-electron chi connectivity index (χ2n) is 7.29. The minimum absolute atomic E-state index is 0.0679. The first-order valence-electron chi connectivity index (χ1n) is 10.4. The van der Waals surface area contributed by atoms with E-state index in [1.807, 2.05) is 49.6 Å². The highest BCUT2D eigenvalue weighted by atomic mass is 32.1. The highest BCUT2D eigenvalue weighted by Gasteiger charge is 2.32. The van der Waals surface area contributed by atoms with Gasteiger partial charge in [-0.15, -0.1) is 11.3 Å². The molecule has 166 valence electrons. The molecule has 8 nitrogen and oxygen atoms in total. The van der Waals surface area contributed by atoms with Crippen molar-refractivity contribution in [1.29, 1.82) is 0 Å². The van der Waals surface area contributed by atoms with Crippen LogP contribution >= 0.6 is 11.3 Å². The number of amides is 4. The lowest BCUT2D eigenvalue weighted by Gasteiger charge is -2.35. The molecule has 31 heavy (non-hydrogen) atoms. The van der Waals surface area contributed by atoms with Gasteiger partial charge in [0.2, 0.25) is 5.91 Å². The van der Waals surface area contributed by atoms with Crippen molar-refractivity contribution in [2.45, 2.75) is 45.4 Å². The summed E-state index contributed by atoms with van der Waals surface area (Å²) >= 11 is 1.53. The Kier molecular flexibility index (Phi) is 7.88. The highest BCUT2D eigenvalue weighted by Crippen LogP contribution is 2.32. The smallest absolute Gasteiger partial charge is 0.321 e. The Bertz CT molecular complexity index is 899. The minimum Gasteiger partial charge on any atom is -0.477 e. The molecule has 0 fully saturated rings. The van der Waals surface area contributed by atoms with Crippen LogP contribution in [0.1, 0.15) is 31.6 Å². The van der Waals surface area contributed by atoms with E-state index in [4.69, 9.17) is 4.74 Å². The zero-order valence-corrected chi connectivity index (χ0v) is 18.5. The Morgan fingerprint density at radius 2 is 1.94 bits per heavy atom. The normalized spacial score (nSPS) is 15.1. The van der Waals surface area contributed by atoms with Crippen LogP contribution in [0.2, 0.25) is 0 Å². The van der Waals surface area contributed by atoms with E-state index in [-0.39, 0.29) is 25.0 Å². The number of rotatable bonds is 8. The summed E-state index contributed by atoms with van der Waals surface area (Å²) < 4.78 is 5.89. The molecule has 2 heterocycles. The fourth-order valence-corrected chi connectivity index (χ4v) is 3.99. The molecule has 2 aromatic rings. The maximum atomic E-state index is 12.7. The highest BCUT2D eigenvalue weighted by molar-refractivity contribution is 7.09. The number of urea groups is 1. The van der Waals surface area contributed by atoms with Crippen LogP contribution < -0.4 is 25.6 Å². The van der Waals surface area contributed by atoms with E-state index in [9.17, 15) is 14.4 Å². The second-order valence-corrected chi connectivity index (χ2v) is 8.32. The molecule has 1 unspecified atom stereocenters. The van der Waals surface area contributed by atoms with Crippen LogP contribution in [0.5, 0.6) is 5.75 Å². The summed E-state index contributed by atoms with van der Waals surface area (Å²) in [4.78, 5) is 40.0. The van der Waals surface area contributed by atoms with Crippen LogP contribution in [-0.4, -0.2) is 43.1 Å². The maximum Gasteiger partial charge on any atom is 0.321 e. The van der Waals surface area contributed by atoms with Gasteiger partial charge in [0.05, 0.1) is 25.3 Å². The Morgan fingerprint density at radius 3 is 2.65 bits per heavy atom. The summed E-state index contributed by atoms with van der Waals surface area (Å²) in [5, 5.41) is 9.93. The predicted molar refractivity (Wildman–Crippen MR) is 120 cm³/mol. The number of carbonyl (C=O) groups is 3. The fourth-order valence-electron chi connectivity index (χ4n) is 3.34. The SMILES string of the molecule is CCC(CC)NC(=O)C1CN(CC(=O)NC(=O)NCc2cccs2)c2ccccc2O1. The molecule has 3 N–H and O–H groups in total. The van der Waals surface area contributed by atoms with E-state index in [2.05, 4.69) is 16.0 Å². The summed E-state index contributed by atoms with van der Waals surface area (Å²) in [6.07, 6.45) is 0.923. The van der Waals surface area contributed by atoms with Crippen molar-refractivity contribution in [3.05, 3.63) is 46.7 Å². The molecule has 0 aliphatic carbocycles. The van der Waals surface area contributed by atoms with Gasteiger partial charge in [-0.2, -0.15) is 0 Å². The number of benzene rings is 1. The van der Waals surface area contributed by atoms with Gasteiger partial charge < -0.3 is 20.3 Å². The first-order chi connectivity index (χ1) is 15.0. The van der Waals surface area contributed by atoms with Crippen molar-refractivity contribution in [2.75, 3.05) is 18.0 Å². The molecule has 0 bridgehead atoms. The zero-order valence-electron chi connectivity index (χ0n) is 17.7. The van der Waals surface area contributed by atoms with Crippen LogP contribution in [0.25, 0.3) is 0 Å². The van der Waals surface area contributed by atoms with Crippen LogP contribution in [0.4, 0.5) is 10.5 Å². The van der Waals surface area contributed by atoms with E-state index in [0.717, 1.165) is 17.7 Å². The van der Waals surface area contributed by atoms with E-state index in [1.165, 1.54) is 11.3 Å². The number of imide groups is 1. The first-order valence-corrected chi connectivity index (χ1v) is 11.3. The van der Waals surface area contributed by atoms with Crippen LogP contribution in [0.3, 0.4) is 0 Å². The molecule has 0 radical (unpaired) electrons. The van der Waals surface area contributed by atoms with Gasteiger partial charge in [0.15, 0.2) is 6.10 Å². The minimum atomic E-state index is -0.740. The second kappa shape index (κ2) is 10.8. The summed E-state index contributed by atoms with van der Waals surface area (Å²) in [7, 11) is 0. The monoisotopic (exact) mass is 444 g/mol. The lowest BCUT2D eigenvalue weighted by molar-refractivity contribution is -0.129. The van der Waals surface area contributed by atoms with Crippen molar-refractivity contribution in [3.8, 4) is 5.75 Å². The third-order valence-corrected chi connectivity index (χ3v) is 5.95. The molecule has 4 amide bonds. The number of anilines is 1. The lowest BCUT2D eigenvalue weighted by atomic mass is 10.1. The molecule has 0 saturated heterocycles. The first kappa shape index (κ1) is 22.6. The van der Waals surface area contributed by atoms with Crippen molar-refractivity contribution in [2.24, 2.45) is 0 Å². The van der Waals surface area contributed by atoms with Gasteiger partial charge in [0, 0.05) is 10.9 Å². The molecule has 0 spiro atoms. The number of nitrogens with zero attached hydrogens (tertiary/aromatic N) is 1. The molecular formula is C22H28N4O4S. The van der Waals surface area contributed by atoms with Crippen LogP contribution in [0, 0.1) is 0 Å². The zero-order chi connectivity index (χ0) is 22.2. The Morgan fingerprint density at radius 1 is 1.16 bits per heavy atom. The summed E-state index contributed by atoms with van der Waals surface area (Å²) in [5.74, 6) is -0.129. The third kappa shape index (κ3) is 6.21. The molecule has 1 aromatic carbocycles. The van der Waals surface area contributed by atoms with Gasteiger partial charge in [-0.1, -0.05) is 32.0 Å². The number of hydrogen-bond acceptors (Lipinski definition) is 6. The molecule has 3 rings (SSSR count). The molecule has 0 saturated carbocycles. The third-order valence-electron chi connectivity index (χ3n) is 5.08. The number of fused-ring (bicyclic) bond motifs is 1. The lowest BCUT2D eigenvalue weighted by Crippen LogP contribution is -2.53.